The van der Waals surface area contributed by atoms with Gasteiger partial charge in [0.05, 0.1) is 12.3 Å². The molecule has 1 aromatic rings. The molecule has 4 nitrogen and oxygen atoms in total. The molecule has 84 valence electrons. The molecular formula is C9H11F2NO3. The summed E-state index contributed by atoms with van der Waals surface area (Å²) in [5.41, 5.74) is 4.52. The molecule has 2 atom stereocenters. The average molecular weight is 219 g/mol. The van der Waals surface area contributed by atoms with Crippen molar-refractivity contribution in [2.75, 3.05) is 12.3 Å². The molecule has 0 spiro atoms. The van der Waals surface area contributed by atoms with Crippen molar-refractivity contribution in [2.45, 2.75) is 12.2 Å². The van der Waals surface area contributed by atoms with E-state index in [0.29, 0.717) is 6.07 Å². The van der Waals surface area contributed by atoms with Gasteiger partial charge < -0.3 is 21.1 Å². The lowest BCUT2D eigenvalue weighted by Crippen LogP contribution is -2.23. The van der Waals surface area contributed by atoms with Gasteiger partial charge in [0, 0.05) is 11.6 Å². The van der Waals surface area contributed by atoms with Crippen molar-refractivity contribution in [2.24, 2.45) is 0 Å². The van der Waals surface area contributed by atoms with E-state index < -0.39 is 36.1 Å². The minimum absolute atomic E-state index is 0.283. The molecule has 0 aromatic heterocycles. The molecule has 0 fully saturated rings. The monoisotopic (exact) mass is 219 g/mol. The van der Waals surface area contributed by atoms with E-state index in [0.717, 1.165) is 6.07 Å². The van der Waals surface area contributed by atoms with E-state index in [4.69, 9.17) is 15.9 Å². The molecule has 0 heterocycles. The Morgan fingerprint density at radius 2 is 1.87 bits per heavy atom. The normalized spacial score (nSPS) is 15.0. The van der Waals surface area contributed by atoms with Gasteiger partial charge in [-0.3, -0.25) is 0 Å². The zero-order chi connectivity index (χ0) is 11.6. The summed E-state index contributed by atoms with van der Waals surface area (Å²) in [4.78, 5) is 0. The Morgan fingerprint density at radius 1 is 1.27 bits per heavy atom. The van der Waals surface area contributed by atoms with Gasteiger partial charge in [0.1, 0.15) is 23.8 Å². The van der Waals surface area contributed by atoms with Crippen LogP contribution < -0.4 is 5.73 Å². The van der Waals surface area contributed by atoms with Gasteiger partial charge in [0.15, 0.2) is 0 Å². The second-order valence-corrected chi connectivity index (χ2v) is 3.09. The van der Waals surface area contributed by atoms with Gasteiger partial charge in [-0.25, -0.2) is 8.78 Å². The van der Waals surface area contributed by atoms with Crippen LogP contribution in [0.1, 0.15) is 11.7 Å². The first-order valence-electron chi connectivity index (χ1n) is 4.18. The summed E-state index contributed by atoms with van der Waals surface area (Å²) in [6.07, 6.45) is -3.16. The van der Waals surface area contributed by atoms with Gasteiger partial charge >= 0.3 is 0 Å². The van der Waals surface area contributed by atoms with Crippen LogP contribution in [-0.4, -0.2) is 28.0 Å². The standard InChI is InChI=1S/C9H11F2NO3/c10-4-1-5(8(12)6(11)2-4)9(15)7(14)3-13/h1-2,7,9,13-15H,3,12H2. The first-order chi connectivity index (χ1) is 6.97. The van der Waals surface area contributed by atoms with Crippen LogP contribution in [0.15, 0.2) is 12.1 Å². The van der Waals surface area contributed by atoms with Gasteiger partial charge in [-0.2, -0.15) is 0 Å². The average Bonchev–Trinajstić information content (AvgIpc) is 2.21. The summed E-state index contributed by atoms with van der Waals surface area (Å²) in [5, 5.41) is 27.0. The molecule has 0 aliphatic rings. The lowest BCUT2D eigenvalue weighted by atomic mass is 10.0. The van der Waals surface area contributed by atoms with Crippen LogP contribution >= 0.6 is 0 Å². The maximum atomic E-state index is 12.9. The summed E-state index contributed by atoms with van der Waals surface area (Å²) in [5.74, 6) is -1.94. The number of aliphatic hydroxyl groups is 3. The largest absolute Gasteiger partial charge is 0.396 e. The minimum atomic E-state index is -1.62. The highest BCUT2D eigenvalue weighted by molar-refractivity contribution is 5.49. The second kappa shape index (κ2) is 4.52. The molecule has 6 heteroatoms. The van der Waals surface area contributed by atoms with E-state index in [-0.39, 0.29) is 5.56 Å². The molecule has 0 saturated carbocycles. The van der Waals surface area contributed by atoms with Crippen LogP contribution in [0, 0.1) is 11.6 Å². The lowest BCUT2D eigenvalue weighted by Gasteiger charge is -2.17. The van der Waals surface area contributed by atoms with E-state index in [1.165, 1.54) is 0 Å². The molecule has 0 bridgehead atoms. The Morgan fingerprint density at radius 3 is 2.40 bits per heavy atom. The third-order valence-electron chi connectivity index (χ3n) is 2.00. The summed E-state index contributed by atoms with van der Waals surface area (Å²) in [6.45, 7) is -0.737. The highest BCUT2D eigenvalue weighted by atomic mass is 19.1. The number of hydrogen-bond acceptors (Lipinski definition) is 4. The van der Waals surface area contributed by atoms with Gasteiger partial charge in [0.2, 0.25) is 0 Å². The molecule has 15 heavy (non-hydrogen) atoms. The summed E-state index contributed by atoms with van der Waals surface area (Å²) < 4.78 is 25.7. The number of rotatable bonds is 3. The third kappa shape index (κ3) is 2.41. The van der Waals surface area contributed by atoms with Crippen molar-refractivity contribution in [1.29, 1.82) is 0 Å². The summed E-state index contributed by atoms with van der Waals surface area (Å²) in [7, 11) is 0. The number of hydrogen-bond donors (Lipinski definition) is 4. The number of aliphatic hydroxyl groups excluding tert-OH is 3. The molecule has 1 aromatic carbocycles. The highest BCUT2D eigenvalue weighted by Gasteiger charge is 2.22. The zero-order valence-electron chi connectivity index (χ0n) is 7.69. The highest BCUT2D eigenvalue weighted by Crippen LogP contribution is 2.26. The van der Waals surface area contributed by atoms with Crippen LogP contribution in [0.4, 0.5) is 14.5 Å². The fraction of sp³-hybridized carbons (Fsp3) is 0.333. The molecule has 5 N–H and O–H groups in total. The topological polar surface area (TPSA) is 86.7 Å². The Hall–Kier alpha value is -1.24. The fourth-order valence-electron chi connectivity index (χ4n) is 1.16. The number of halogens is 2. The molecular weight excluding hydrogens is 208 g/mol. The van der Waals surface area contributed by atoms with E-state index in [2.05, 4.69) is 0 Å². The van der Waals surface area contributed by atoms with E-state index in [1.54, 1.807) is 0 Å². The predicted octanol–water partition coefficient (Wildman–Crippen LogP) is -0.0664. The fourth-order valence-corrected chi connectivity index (χ4v) is 1.16. The number of anilines is 1. The van der Waals surface area contributed by atoms with Crippen LogP contribution in [0.5, 0.6) is 0 Å². The van der Waals surface area contributed by atoms with Crippen molar-refractivity contribution in [1.82, 2.24) is 0 Å². The van der Waals surface area contributed by atoms with Crippen molar-refractivity contribution in [3.8, 4) is 0 Å². The third-order valence-corrected chi connectivity index (χ3v) is 2.00. The van der Waals surface area contributed by atoms with Crippen LogP contribution in [0.25, 0.3) is 0 Å². The SMILES string of the molecule is Nc1c(F)cc(F)cc1C(O)C(O)CO. The van der Waals surface area contributed by atoms with Gasteiger partial charge in [-0.05, 0) is 6.07 Å². The van der Waals surface area contributed by atoms with Crippen molar-refractivity contribution >= 4 is 5.69 Å². The van der Waals surface area contributed by atoms with E-state index in [9.17, 15) is 13.9 Å². The zero-order valence-corrected chi connectivity index (χ0v) is 7.69. The van der Waals surface area contributed by atoms with Gasteiger partial charge in [-0.1, -0.05) is 0 Å². The molecule has 0 amide bonds. The predicted molar refractivity (Wildman–Crippen MR) is 48.8 cm³/mol. The Balaban J connectivity index is 3.13. The number of nitrogen functional groups attached to an aromatic ring is 1. The van der Waals surface area contributed by atoms with E-state index in [1.807, 2.05) is 0 Å². The van der Waals surface area contributed by atoms with Crippen molar-refractivity contribution < 1.29 is 24.1 Å². The van der Waals surface area contributed by atoms with Crippen LogP contribution in [-0.2, 0) is 0 Å². The second-order valence-electron chi connectivity index (χ2n) is 3.09. The van der Waals surface area contributed by atoms with Gasteiger partial charge in [0.25, 0.3) is 0 Å². The molecule has 0 aliphatic carbocycles. The number of nitrogens with two attached hydrogens (primary N) is 1. The lowest BCUT2D eigenvalue weighted by molar-refractivity contribution is -0.0151. The van der Waals surface area contributed by atoms with E-state index >= 15 is 0 Å². The quantitative estimate of drug-likeness (QED) is 0.536. The maximum absolute atomic E-state index is 12.9. The first-order valence-corrected chi connectivity index (χ1v) is 4.18. The Kier molecular flexibility index (Phi) is 3.57. The number of benzene rings is 1. The van der Waals surface area contributed by atoms with Crippen molar-refractivity contribution in [3.05, 3.63) is 29.3 Å². The Bertz CT molecular complexity index is 359. The summed E-state index contributed by atoms with van der Waals surface area (Å²) in [6, 6.07) is 1.37. The van der Waals surface area contributed by atoms with Crippen molar-refractivity contribution in [3.63, 3.8) is 0 Å². The summed E-state index contributed by atoms with van der Waals surface area (Å²) >= 11 is 0. The van der Waals surface area contributed by atoms with Crippen LogP contribution in [0.3, 0.4) is 0 Å². The molecule has 0 saturated heterocycles. The van der Waals surface area contributed by atoms with Gasteiger partial charge in [-0.15, -0.1) is 0 Å². The molecule has 0 aliphatic heterocycles. The maximum Gasteiger partial charge on any atom is 0.149 e. The molecule has 1 rings (SSSR count). The van der Waals surface area contributed by atoms with Crippen LogP contribution in [0.2, 0.25) is 0 Å². The molecule has 0 radical (unpaired) electrons. The first kappa shape index (κ1) is 11.8. The molecule has 2 unspecified atom stereocenters. The minimum Gasteiger partial charge on any atom is -0.396 e. The Labute approximate surface area is 84.6 Å². The smallest absolute Gasteiger partial charge is 0.149 e.